The van der Waals surface area contributed by atoms with Crippen LogP contribution in [0.15, 0.2) is 18.2 Å². The van der Waals surface area contributed by atoms with E-state index < -0.39 is 0 Å². The van der Waals surface area contributed by atoms with E-state index in [2.05, 4.69) is 30.1 Å². The summed E-state index contributed by atoms with van der Waals surface area (Å²) in [5, 5.41) is 3.63. The van der Waals surface area contributed by atoms with Crippen LogP contribution in [-0.4, -0.2) is 57.0 Å². The van der Waals surface area contributed by atoms with Crippen molar-refractivity contribution in [2.24, 2.45) is 5.92 Å². The number of benzene rings is 1. The van der Waals surface area contributed by atoms with Gasteiger partial charge in [-0.25, -0.2) is 0 Å². The van der Waals surface area contributed by atoms with Crippen LogP contribution in [0.25, 0.3) is 0 Å². The number of methoxy groups -OCH3 is 1. The molecular formula is C20H34N2O3. The van der Waals surface area contributed by atoms with Gasteiger partial charge in [0.15, 0.2) is 11.5 Å². The zero-order chi connectivity index (χ0) is 18.2. The van der Waals surface area contributed by atoms with Gasteiger partial charge in [-0.2, -0.15) is 0 Å². The zero-order valence-corrected chi connectivity index (χ0v) is 16.4. The van der Waals surface area contributed by atoms with E-state index in [0.29, 0.717) is 12.0 Å². The number of hydrogen-bond acceptors (Lipinski definition) is 5. The van der Waals surface area contributed by atoms with Crippen LogP contribution in [0.2, 0.25) is 0 Å². The number of morpholine rings is 1. The minimum absolute atomic E-state index is 0.117. The quantitative estimate of drug-likeness (QED) is 0.742. The first-order chi connectivity index (χ1) is 12.0. The minimum atomic E-state index is 0.117. The number of nitrogens with one attached hydrogen (secondary N) is 1. The number of nitrogens with zero attached hydrogens (tertiary/aromatic N) is 1. The predicted octanol–water partition coefficient (Wildman–Crippen LogP) is 2.93. The lowest BCUT2D eigenvalue weighted by molar-refractivity contribution is 0.00646. The first-order valence-corrected chi connectivity index (χ1v) is 9.38. The highest BCUT2D eigenvalue weighted by atomic mass is 16.5. The molecule has 1 fully saturated rings. The van der Waals surface area contributed by atoms with Gasteiger partial charge < -0.3 is 19.5 Å². The Morgan fingerprint density at radius 2 is 1.88 bits per heavy atom. The summed E-state index contributed by atoms with van der Waals surface area (Å²) in [6.07, 6.45) is 0.117. The van der Waals surface area contributed by atoms with Crippen molar-refractivity contribution in [1.82, 2.24) is 10.2 Å². The van der Waals surface area contributed by atoms with Crippen LogP contribution in [0.5, 0.6) is 11.5 Å². The van der Waals surface area contributed by atoms with Crippen LogP contribution in [0.4, 0.5) is 0 Å². The van der Waals surface area contributed by atoms with Gasteiger partial charge in [-0.3, -0.25) is 4.90 Å². The molecule has 0 aliphatic carbocycles. The average Bonchev–Trinajstić information content (AvgIpc) is 2.59. The molecule has 0 aromatic heterocycles. The Balaban J connectivity index is 1.99. The Bertz CT molecular complexity index is 514. The first kappa shape index (κ1) is 20.0. The van der Waals surface area contributed by atoms with E-state index in [1.54, 1.807) is 7.11 Å². The fourth-order valence-electron chi connectivity index (χ4n) is 3.28. The second-order valence-electron chi connectivity index (χ2n) is 7.21. The molecule has 142 valence electrons. The van der Waals surface area contributed by atoms with Crippen molar-refractivity contribution in [1.29, 1.82) is 0 Å². The van der Waals surface area contributed by atoms with Gasteiger partial charge >= 0.3 is 0 Å². The lowest BCUT2D eigenvalue weighted by Crippen LogP contribution is -2.50. The summed E-state index contributed by atoms with van der Waals surface area (Å²) in [5.41, 5.74) is 1.14. The molecule has 0 radical (unpaired) electrons. The smallest absolute Gasteiger partial charge is 0.166 e. The van der Waals surface area contributed by atoms with E-state index >= 15 is 0 Å². The maximum absolute atomic E-state index is 6.00. The van der Waals surface area contributed by atoms with Gasteiger partial charge in [-0.1, -0.05) is 26.0 Å². The third-order valence-corrected chi connectivity index (χ3v) is 4.59. The highest BCUT2D eigenvalue weighted by Gasteiger charge is 2.23. The van der Waals surface area contributed by atoms with Crippen LogP contribution in [0, 0.1) is 5.92 Å². The topological polar surface area (TPSA) is 43.0 Å². The van der Waals surface area contributed by atoms with Crippen LogP contribution < -0.4 is 14.8 Å². The van der Waals surface area contributed by atoms with Gasteiger partial charge in [0.05, 0.1) is 26.4 Å². The van der Waals surface area contributed by atoms with Crippen molar-refractivity contribution in [3.63, 3.8) is 0 Å². The molecule has 1 N–H and O–H groups in total. The van der Waals surface area contributed by atoms with E-state index in [1.165, 1.54) is 0 Å². The maximum Gasteiger partial charge on any atom is 0.166 e. The van der Waals surface area contributed by atoms with Gasteiger partial charge in [0, 0.05) is 37.8 Å². The van der Waals surface area contributed by atoms with Crippen LogP contribution in [0.3, 0.4) is 0 Å². The predicted molar refractivity (Wildman–Crippen MR) is 101 cm³/mol. The summed E-state index contributed by atoms with van der Waals surface area (Å²) in [7, 11) is 1.69. The summed E-state index contributed by atoms with van der Waals surface area (Å²) in [4.78, 5) is 2.54. The summed E-state index contributed by atoms with van der Waals surface area (Å²) >= 11 is 0. The third kappa shape index (κ3) is 5.87. The molecule has 2 rings (SSSR count). The fraction of sp³-hybridized carbons (Fsp3) is 0.700. The molecule has 5 heteroatoms. The van der Waals surface area contributed by atoms with Crippen molar-refractivity contribution in [2.45, 2.75) is 46.4 Å². The van der Waals surface area contributed by atoms with Crippen molar-refractivity contribution in [3.8, 4) is 11.5 Å². The molecule has 1 aromatic carbocycles. The van der Waals surface area contributed by atoms with Gasteiger partial charge in [0.2, 0.25) is 0 Å². The summed E-state index contributed by atoms with van der Waals surface area (Å²) in [6, 6.07) is 6.59. The molecular weight excluding hydrogens is 316 g/mol. The SMILES string of the molecule is COc1cccc(CNCC(C(C)C)N2CCOCC2)c1OC(C)C. The van der Waals surface area contributed by atoms with Crippen molar-refractivity contribution in [2.75, 3.05) is 40.0 Å². The standard InChI is InChI=1S/C20H34N2O3/c1-15(2)18(22-9-11-24-12-10-22)14-21-13-17-7-6-8-19(23-5)20(17)25-16(3)4/h6-8,15-16,18,21H,9-14H2,1-5H3. The first-order valence-electron chi connectivity index (χ1n) is 9.38. The van der Waals surface area contributed by atoms with Crippen molar-refractivity contribution in [3.05, 3.63) is 23.8 Å². The minimum Gasteiger partial charge on any atom is -0.493 e. The maximum atomic E-state index is 6.00. The highest BCUT2D eigenvalue weighted by Crippen LogP contribution is 2.32. The van der Waals surface area contributed by atoms with E-state index in [9.17, 15) is 0 Å². The van der Waals surface area contributed by atoms with Gasteiger partial charge in [-0.05, 0) is 25.8 Å². The molecule has 0 saturated carbocycles. The molecule has 1 aromatic rings. The van der Waals surface area contributed by atoms with E-state index in [-0.39, 0.29) is 6.10 Å². The molecule has 1 heterocycles. The van der Waals surface area contributed by atoms with Crippen molar-refractivity contribution < 1.29 is 14.2 Å². The summed E-state index contributed by atoms with van der Waals surface area (Å²) in [6.45, 7) is 14.1. The van der Waals surface area contributed by atoms with Crippen LogP contribution in [0.1, 0.15) is 33.3 Å². The largest absolute Gasteiger partial charge is 0.493 e. The second kappa shape index (κ2) is 10.00. The zero-order valence-electron chi connectivity index (χ0n) is 16.4. The molecule has 0 bridgehead atoms. The van der Waals surface area contributed by atoms with Crippen molar-refractivity contribution >= 4 is 0 Å². The molecule has 0 amide bonds. The lowest BCUT2D eigenvalue weighted by Gasteiger charge is -2.37. The van der Waals surface area contributed by atoms with E-state index in [0.717, 1.165) is 56.5 Å². The number of hydrogen-bond donors (Lipinski definition) is 1. The number of para-hydroxylation sites is 1. The molecule has 1 unspecified atom stereocenters. The van der Waals surface area contributed by atoms with E-state index in [4.69, 9.17) is 14.2 Å². The summed E-state index contributed by atoms with van der Waals surface area (Å²) in [5.74, 6) is 2.24. The fourth-order valence-corrected chi connectivity index (χ4v) is 3.28. The van der Waals surface area contributed by atoms with Gasteiger partial charge in [0.25, 0.3) is 0 Å². The highest BCUT2D eigenvalue weighted by molar-refractivity contribution is 5.46. The van der Waals surface area contributed by atoms with Gasteiger partial charge in [0.1, 0.15) is 0 Å². The Morgan fingerprint density at radius 1 is 1.16 bits per heavy atom. The number of ether oxygens (including phenoxy) is 3. The lowest BCUT2D eigenvalue weighted by atomic mass is 10.0. The molecule has 1 aliphatic heterocycles. The molecule has 1 atom stereocenters. The van der Waals surface area contributed by atoms with Gasteiger partial charge in [-0.15, -0.1) is 0 Å². The Kier molecular flexibility index (Phi) is 8.00. The Morgan fingerprint density at radius 3 is 2.48 bits per heavy atom. The third-order valence-electron chi connectivity index (χ3n) is 4.59. The molecule has 5 nitrogen and oxygen atoms in total. The number of rotatable bonds is 9. The summed E-state index contributed by atoms with van der Waals surface area (Å²) < 4.78 is 17.0. The second-order valence-corrected chi connectivity index (χ2v) is 7.21. The molecule has 0 spiro atoms. The van der Waals surface area contributed by atoms with Crippen LogP contribution >= 0.6 is 0 Å². The molecule has 1 aliphatic rings. The Hall–Kier alpha value is -1.30. The van der Waals surface area contributed by atoms with Crippen LogP contribution in [-0.2, 0) is 11.3 Å². The normalized spacial score (nSPS) is 17.1. The molecule has 25 heavy (non-hydrogen) atoms. The van der Waals surface area contributed by atoms with E-state index in [1.807, 2.05) is 26.0 Å². The Labute approximate surface area is 152 Å². The monoisotopic (exact) mass is 350 g/mol. The average molecular weight is 351 g/mol. The molecule has 1 saturated heterocycles.